The molecule has 0 radical (unpaired) electrons. The molecular weight excluding hydrogens is 436 g/mol. The van der Waals surface area contributed by atoms with Gasteiger partial charge in [0.2, 0.25) is 0 Å². The molecule has 0 unspecified atom stereocenters. The third-order valence-electron chi connectivity index (χ3n) is 4.86. The van der Waals surface area contributed by atoms with Crippen molar-refractivity contribution in [2.45, 2.75) is 6.04 Å². The van der Waals surface area contributed by atoms with Gasteiger partial charge < -0.3 is 19.6 Å². The molecule has 0 spiro atoms. The molecule has 0 saturated carbocycles. The standard InChI is InChI=1S/C22H23BrN2O4/c1-24(2)11-12-25-19(14-7-9-16(23)10-8-14)18(21(27)22(25)28)20(26)15-5-4-6-17(13-15)29-3/h4-10,13,19,26H,11-12H2,1-3H3/t19-/m0/s1. The van der Waals surface area contributed by atoms with E-state index < -0.39 is 17.7 Å². The van der Waals surface area contributed by atoms with E-state index in [1.165, 1.54) is 12.0 Å². The van der Waals surface area contributed by atoms with Gasteiger partial charge in [-0.05, 0) is 43.9 Å². The first kappa shape index (κ1) is 21.1. The zero-order valence-corrected chi connectivity index (χ0v) is 18.1. The summed E-state index contributed by atoms with van der Waals surface area (Å²) < 4.78 is 6.11. The van der Waals surface area contributed by atoms with Crippen LogP contribution in [0.4, 0.5) is 0 Å². The Morgan fingerprint density at radius 2 is 1.86 bits per heavy atom. The number of methoxy groups -OCH3 is 1. The number of ether oxygens (including phenoxy) is 1. The van der Waals surface area contributed by atoms with Crippen molar-refractivity contribution < 1.29 is 19.4 Å². The summed E-state index contributed by atoms with van der Waals surface area (Å²) in [6, 6.07) is 13.5. The molecule has 152 valence electrons. The van der Waals surface area contributed by atoms with Crippen molar-refractivity contribution in [3.63, 3.8) is 0 Å². The summed E-state index contributed by atoms with van der Waals surface area (Å²) in [5.74, 6) is -0.945. The minimum Gasteiger partial charge on any atom is -0.507 e. The van der Waals surface area contributed by atoms with Crippen LogP contribution in [0, 0.1) is 0 Å². The first-order valence-corrected chi connectivity index (χ1v) is 9.95. The number of aliphatic hydroxyl groups excluding tert-OH is 1. The van der Waals surface area contributed by atoms with E-state index in [-0.39, 0.29) is 11.3 Å². The van der Waals surface area contributed by atoms with Crippen molar-refractivity contribution in [2.75, 3.05) is 34.3 Å². The number of likely N-dealkylation sites (tertiary alicyclic amines) is 1. The third-order valence-corrected chi connectivity index (χ3v) is 5.39. The topological polar surface area (TPSA) is 70.1 Å². The Morgan fingerprint density at radius 1 is 1.17 bits per heavy atom. The number of amides is 1. The van der Waals surface area contributed by atoms with E-state index in [4.69, 9.17) is 4.74 Å². The Labute approximate surface area is 178 Å². The lowest BCUT2D eigenvalue weighted by atomic mass is 9.95. The third kappa shape index (κ3) is 4.36. The van der Waals surface area contributed by atoms with Gasteiger partial charge in [-0.2, -0.15) is 0 Å². The molecule has 3 rings (SSSR count). The van der Waals surface area contributed by atoms with Gasteiger partial charge in [-0.1, -0.05) is 40.2 Å². The molecule has 1 amide bonds. The second-order valence-corrected chi connectivity index (χ2v) is 7.99. The molecule has 0 aromatic heterocycles. The second-order valence-electron chi connectivity index (χ2n) is 7.08. The zero-order valence-electron chi connectivity index (χ0n) is 16.6. The number of Topliss-reactive ketones (excluding diaryl/α,β-unsaturated/α-hetero) is 1. The monoisotopic (exact) mass is 458 g/mol. The lowest BCUT2D eigenvalue weighted by molar-refractivity contribution is -0.140. The van der Waals surface area contributed by atoms with Crippen LogP contribution in [0.5, 0.6) is 5.75 Å². The number of likely N-dealkylation sites (N-methyl/N-ethyl adjacent to an activating group) is 1. The molecule has 7 heteroatoms. The summed E-state index contributed by atoms with van der Waals surface area (Å²) in [5.41, 5.74) is 1.28. The largest absolute Gasteiger partial charge is 0.507 e. The number of ketones is 1. The fraction of sp³-hybridized carbons (Fsp3) is 0.273. The van der Waals surface area contributed by atoms with Crippen LogP contribution in [-0.4, -0.2) is 60.9 Å². The lowest BCUT2D eigenvalue weighted by Crippen LogP contribution is -2.35. The number of hydrogen-bond donors (Lipinski definition) is 1. The van der Waals surface area contributed by atoms with Crippen molar-refractivity contribution in [3.05, 3.63) is 69.7 Å². The van der Waals surface area contributed by atoms with Crippen molar-refractivity contribution >= 4 is 33.4 Å². The van der Waals surface area contributed by atoms with Gasteiger partial charge >= 0.3 is 0 Å². The van der Waals surface area contributed by atoms with Crippen LogP contribution >= 0.6 is 15.9 Å². The maximum atomic E-state index is 12.9. The van der Waals surface area contributed by atoms with Crippen molar-refractivity contribution in [1.29, 1.82) is 0 Å². The number of rotatable bonds is 6. The quantitative estimate of drug-likeness (QED) is 0.407. The highest BCUT2D eigenvalue weighted by atomic mass is 79.9. The van der Waals surface area contributed by atoms with Crippen LogP contribution < -0.4 is 4.74 Å². The summed E-state index contributed by atoms with van der Waals surface area (Å²) in [6.07, 6.45) is 0. The fourth-order valence-electron chi connectivity index (χ4n) is 3.34. The van der Waals surface area contributed by atoms with Crippen molar-refractivity contribution in [1.82, 2.24) is 9.80 Å². The first-order valence-electron chi connectivity index (χ1n) is 9.16. The van der Waals surface area contributed by atoms with E-state index in [0.717, 1.165) is 10.0 Å². The predicted molar refractivity (Wildman–Crippen MR) is 115 cm³/mol. The molecule has 1 N–H and O–H groups in total. The molecule has 1 heterocycles. The number of carbonyl (C=O) groups is 2. The smallest absolute Gasteiger partial charge is 0.295 e. The van der Waals surface area contributed by atoms with E-state index in [2.05, 4.69) is 15.9 Å². The number of halogens is 1. The van der Waals surface area contributed by atoms with E-state index in [0.29, 0.717) is 24.4 Å². The number of hydrogen-bond acceptors (Lipinski definition) is 5. The molecule has 0 aliphatic carbocycles. The summed E-state index contributed by atoms with van der Waals surface area (Å²) in [7, 11) is 5.34. The van der Waals surface area contributed by atoms with Crippen LogP contribution in [-0.2, 0) is 9.59 Å². The van der Waals surface area contributed by atoms with Gasteiger partial charge in [-0.3, -0.25) is 9.59 Å². The molecular formula is C22H23BrN2O4. The molecule has 1 aliphatic rings. The SMILES string of the molecule is COc1cccc(C(O)=C2C(=O)C(=O)N(CCN(C)C)[C@H]2c2ccc(Br)cc2)c1. The molecule has 2 aromatic carbocycles. The Balaban J connectivity index is 2.14. The van der Waals surface area contributed by atoms with Crippen LogP contribution in [0.15, 0.2) is 58.6 Å². The normalized spacial score (nSPS) is 18.5. The van der Waals surface area contributed by atoms with Crippen molar-refractivity contribution in [3.8, 4) is 5.75 Å². The van der Waals surface area contributed by atoms with Crippen molar-refractivity contribution in [2.24, 2.45) is 0 Å². The zero-order chi connectivity index (χ0) is 21.1. The van der Waals surface area contributed by atoms with Gasteiger partial charge in [0.15, 0.2) is 0 Å². The van der Waals surface area contributed by atoms with E-state index >= 15 is 0 Å². The Bertz CT molecular complexity index is 954. The molecule has 29 heavy (non-hydrogen) atoms. The maximum absolute atomic E-state index is 12.9. The fourth-order valence-corrected chi connectivity index (χ4v) is 3.60. The summed E-state index contributed by atoms with van der Waals surface area (Å²) in [6.45, 7) is 0.965. The molecule has 0 bridgehead atoms. The van der Waals surface area contributed by atoms with Crippen LogP contribution in [0.3, 0.4) is 0 Å². The van der Waals surface area contributed by atoms with Gasteiger partial charge in [0, 0.05) is 23.1 Å². The van der Waals surface area contributed by atoms with Crippen LogP contribution in [0.25, 0.3) is 5.76 Å². The number of carbonyl (C=O) groups excluding carboxylic acids is 2. The predicted octanol–water partition coefficient (Wildman–Crippen LogP) is 3.44. The van der Waals surface area contributed by atoms with Gasteiger partial charge in [-0.15, -0.1) is 0 Å². The molecule has 1 saturated heterocycles. The summed E-state index contributed by atoms with van der Waals surface area (Å²) >= 11 is 3.41. The van der Waals surface area contributed by atoms with Crippen LogP contribution in [0.1, 0.15) is 17.2 Å². The Morgan fingerprint density at radius 3 is 2.48 bits per heavy atom. The number of benzene rings is 2. The number of aliphatic hydroxyl groups is 1. The first-order chi connectivity index (χ1) is 13.8. The summed E-state index contributed by atoms with van der Waals surface area (Å²) in [5, 5.41) is 11.0. The van der Waals surface area contributed by atoms with E-state index in [9.17, 15) is 14.7 Å². The highest BCUT2D eigenvalue weighted by molar-refractivity contribution is 9.10. The molecule has 1 atom stereocenters. The summed E-state index contributed by atoms with van der Waals surface area (Å²) in [4.78, 5) is 29.2. The molecule has 6 nitrogen and oxygen atoms in total. The molecule has 1 fully saturated rings. The average molecular weight is 459 g/mol. The lowest BCUT2D eigenvalue weighted by Gasteiger charge is -2.26. The Kier molecular flexibility index (Phi) is 6.39. The second kappa shape index (κ2) is 8.80. The van der Waals surface area contributed by atoms with Gasteiger partial charge in [0.05, 0.1) is 18.7 Å². The van der Waals surface area contributed by atoms with Crippen LogP contribution in [0.2, 0.25) is 0 Å². The highest BCUT2D eigenvalue weighted by Gasteiger charge is 2.45. The highest BCUT2D eigenvalue weighted by Crippen LogP contribution is 2.39. The van der Waals surface area contributed by atoms with E-state index in [1.54, 1.807) is 24.3 Å². The Hall–Kier alpha value is -2.64. The number of nitrogens with zero attached hydrogens (tertiary/aromatic N) is 2. The molecule has 2 aromatic rings. The average Bonchev–Trinajstić information content (AvgIpc) is 2.97. The maximum Gasteiger partial charge on any atom is 0.295 e. The van der Waals surface area contributed by atoms with Gasteiger partial charge in [-0.25, -0.2) is 0 Å². The minimum absolute atomic E-state index is 0.0873. The molecule has 1 aliphatic heterocycles. The van der Waals surface area contributed by atoms with Gasteiger partial charge in [0.1, 0.15) is 11.5 Å². The minimum atomic E-state index is -0.683. The van der Waals surface area contributed by atoms with E-state index in [1.807, 2.05) is 43.3 Å². The van der Waals surface area contributed by atoms with Gasteiger partial charge in [0.25, 0.3) is 11.7 Å².